The molecule has 1 aromatic rings. The Kier molecular flexibility index (Phi) is 1.94. The number of aryl methyl sites for hydroxylation is 2. The fourth-order valence-corrected chi connectivity index (χ4v) is 2.07. The smallest absolute Gasteiger partial charge is 0.268 e. The Bertz CT molecular complexity index is 393. The topological polar surface area (TPSA) is 34.9 Å². The largest absolute Gasteiger partial charge is 0.269 e. The highest BCUT2D eigenvalue weighted by molar-refractivity contribution is 5.29. The summed E-state index contributed by atoms with van der Waals surface area (Å²) < 4.78 is 1.46. The average molecular weight is 178 g/mol. The minimum Gasteiger partial charge on any atom is -0.268 e. The van der Waals surface area contributed by atoms with Gasteiger partial charge in [0.1, 0.15) is 0 Å². The van der Waals surface area contributed by atoms with Crippen LogP contribution in [0.25, 0.3) is 0 Å². The number of rotatable bonds is 0. The third kappa shape index (κ3) is 1.28. The van der Waals surface area contributed by atoms with Gasteiger partial charge < -0.3 is 0 Å². The van der Waals surface area contributed by atoms with Gasteiger partial charge in [0, 0.05) is 12.6 Å². The molecule has 0 atom stereocenters. The highest BCUT2D eigenvalue weighted by atomic mass is 16.1. The molecule has 0 aromatic carbocycles. The maximum Gasteiger partial charge on any atom is 0.269 e. The van der Waals surface area contributed by atoms with Gasteiger partial charge in [0.05, 0.1) is 5.69 Å². The number of nitrogens with zero attached hydrogens (tertiary/aromatic N) is 2. The van der Waals surface area contributed by atoms with Gasteiger partial charge in [-0.1, -0.05) is 0 Å². The molecule has 3 heteroatoms. The fourth-order valence-electron chi connectivity index (χ4n) is 2.07. The van der Waals surface area contributed by atoms with E-state index in [0.717, 1.165) is 30.5 Å². The Hall–Kier alpha value is -1.12. The van der Waals surface area contributed by atoms with Gasteiger partial charge in [-0.15, -0.1) is 0 Å². The Balaban J connectivity index is 2.70. The van der Waals surface area contributed by atoms with Gasteiger partial charge in [0.15, 0.2) is 0 Å². The first-order valence-electron chi connectivity index (χ1n) is 4.76. The predicted octanol–water partition coefficient (Wildman–Crippen LogP) is 0.968. The predicted molar refractivity (Wildman–Crippen MR) is 50.9 cm³/mol. The van der Waals surface area contributed by atoms with Crippen LogP contribution in [0.4, 0.5) is 0 Å². The third-order valence-electron chi connectivity index (χ3n) is 2.76. The van der Waals surface area contributed by atoms with Crippen molar-refractivity contribution >= 4 is 0 Å². The molecule has 0 saturated carbocycles. The normalized spacial score (nSPS) is 15.5. The van der Waals surface area contributed by atoms with E-state index in [2.05, 4.69) is 5.10 Å². The molecule has 13 heavy (non-hydrogen) atoms. The van der Waals surface area contributed by atoms with Gasteiger partial charge in [0.25, 0.3) is 5.56 Å². The molecule has 0 fully saturated rings. The summed E-state index contributed by atoms with van der Waals surface area (Å²) in [6, 6.07) is 0. The monoisotopic (exact) mass is 178 g/mol. The fraction of sp³-hybridized carbons (Fsp3) is 0.600. The maximum atomic E-state index is 11.7. The van der Waals surface area contributed by atoms with Crippen LogP contribution in [0.2, 0.25) is 0 Å². The molecule has 0 N–H and O–H groups in total. The second-order valence-corrected chi connectivity index (χ2v) is 3.68. The summed E-state index contributed by atoms with van der Waals surface area (Å²) in [6.45, 7) is 1.99. The molecule has 0 aliphatic heterocycles. The van der Waals surface area contributed by atoms with Crippen LogP contribution in [0, 0.1) is 6.92 Å². The van der Waals surface area contributed by atoms with Crippen LogP contribution in [-0.4, -0.2) is 9.78 Å². The number of hydrogen-bond donors (Lipinski definition) is 0. The Morgan fingerprint density at radius 2 is 1.85 bits per heavy atom. The highest BCUT2D eigenvalue weighted by Gasteiger charge is 2.16. The molecule has 1 heterocycles. The molecule has 0 unspecified atom stereocenters. The lowest BCUT2D eigenvalue weighted by atomic mass is 9.92. The van der Waals surface area contributed by atoms with Gasteiger partial charge in [-0.3, -0.25) is 4.79 Å². The first-order valence-corrected chi connectivity index (χ1v) is 4.76. The standard InChI is InChI=1S/C10H14N2O/c1-7-8-5-3-4-6-9(8)10(13)12(2)11-7/h3-6H2,1-2H3. The number of hydrogen-bond acceptors (Lipinski definition) is 2. The Morgan fingerprint density at radius 1 is 1.23 bits per heavy atom. The van der Waals surface area contributed by atoms with Crippen LogP contribution in [-0.2, 0) is 19.9 Å². The quantitative estimate of drug-likeness (QED) is 0.593. The maximum absolute atomic E-state index is 11.7. The van der Waals surface area contributed by atoms with Crippen molar-refractivity contribution in [1.29, 1.82) is 0 Å². The minimum atomic E-state index is 0.0975. The van der Waals surface area contributed by atoms with Crippen molar-refractivity contribution in [3.05, 3.63) is 27.2 Å². The summed E-state index contributed by atoms with van der Waals surface area (Å²) in [5, 5.41) is 4.19. The van der Waals surface area contributed by atoms with Crippen molar-refractivity contribution in [1.82, 2.24) is 9.78 Å². The van der Waals surface area contributed by atoms with Gasteiger partial charge in [-0.25, -0.2) is 4.68 Å². The van der Waals surface area contributed by atoms with Crippen molar-refractivity contribution in [3.8, 4) is 0 Å². The molecular formula is C10H14N2O. The van der Waals surface area contributed by atoms with Gasteiger partial charge in [-0.2, -0.15) is 5.10 Å². The van der Waals surface area contributed by atoms with E-state index in [1.165, 1.54) is 16.7 Å². The van der Waals surface area contributed by atoms with E-state index in [0.29, 0.717) is 0 Å². The molecular weight excluding hydrogens is 164 g/mol. The van der Waals surface area contributed by atoms with E-state index in [-0.39, 0.29) is 5.56 Å². The lowest BCUT2D eigenvalue weighted by Crippen LogP contribution is -2.28. The molecule has 70 valence electrons. The summed E-state index contributed by atoms with van der Waals surface area (Å²) in [6.07, 6.45) is 4.31. The Labute approximate surface area is 77.4 Å². The van der Waals surface area contributed by atoms with Crippen molar-refractivity contribution in [2.75, 3.05) is 0 Å². The first kappa shape index (κ1) is 8.48. The zero-order valence-corrected chi connectivity index (χ0v) is 8.13. The number of fused-ring (bicyclic) bond motifs is 1. The van der Waals surface area contributed by atoms with E-state index in [9.17, 15) is 4.79 Å². The first-order chi connectivity index (χ1) is 6.20. The SMILES string of the molecule is Cc1nn(C)c(=O)c2c1CCCC2. The van der Waals surface area contributed by atoms with Crippen LogP contribution >= 0.6 is 0 Å². The molecule has 1 aliphatic rings. The zero-order valence-electron chi connectivity index (χ0n) is 8.13. The third-order valence-corrected chi connectivity index (χ3v) is 2.76. The lowest BCUT2D eigenvalue weighted by Gasteiger charge is -2.17. The summed E-state index contributed by atoms with van der Waals surface area (Å²) in [4.78, 5) is 11.7. The van der Waals surface area contributed by atoms with Crippen molar-refractivity contribution in [2.24, 2.45) is 7.05 Å². The van der Waals surface area contributed by atoms with Crippen LogP contribution in [0.5, 0.6) is 0 Å². The number of aromatic nitrogens is 2. The second kappa shape index (κ2) is 2.98. The molecule has 2 rings (SSSR count). The van der Waals surface area contributed by atoms with Crippen molar-refractivity contribution < 1.29 is 0 Å². The summed E-state index contributed by atoms with van der Waals surface area (Å²) >= 11 is 0. The molecule has 0 saturated heterocycles. The highest BCUT2D eigenvalue weighted by Crippen LogP contribution is 2.19. The zero-order chi connectivity index (χ0) is 9.42. The Morgan fingerprint density at radius 3 is 2.54 bits per heavy atom. The summed E-state index contributed by atoms with van der Waals surface area (Å²) in [5.74, 6) is 0. The molecule has 3 nitrogen and oxygen atoms in total. The van der Waals surface area contributed by atoms with E-state index in [1.807, 2.05) is 6.92 Å². The van der Waals surface area contributed by atoms with E-state index in [4.69, 9.17) is 0 Å². The molecule has 0 bridgehead atoms. The summed E-state index contributed by atoms with van der Waals surface area (Å²) in [5.41, 5.74) is 3.33. The van der Waals surface area contributed by atoms with Crippen LogP contribution in [0.3, 0.4) is 0 Å². The van der Waals surface area contributed by atoms with E-state index < -0.39 is 0 Å². The molecule has 1 aliphatic carbocycles. The van der Waals surface area contributed by atoms with Gasteiger partial charge in [-0.05, 0) is 38.2 Å². The van der Waals surface area contributed by atoms with Crippen molar-refractivity contribution in [3.63, 3.8) is 0 Å². The molecule has 0 radical (unpaired) electrons. The van der Waals surface area contributed by atoms with Crippen LogP contribution in [0.1, 0.15) is 29.7 Å². The van der Waals surface area contributed by atoms with Crippen molar-refractivity contribution in [2.45, 2.75) is 32.6 Å². The second-order valence-electron chi connectivity index (χ2n) is 3.68. The minimum absolute atomic E-state index is 0.0975. The molecule has 0 spiro atoms. The lowest BCUT2D eigenvalue weighted by molar-refractivity contribution is 0.612. The van der Waals surface area contributed by atoms with Crippen LogP contribution < -0.4 is 5.56 Å². The molecule has 1 aromatic heterocycles. The average Bonchev–Trinajstić information content (AvgIpc) is 2.15. The molecule has 0 amide bonds. The van der Waals surface area contributed by atoms with Gasteiger partial charge in [0.2, 0.25) is 0 Å². The van der Waals surface area contributed by atoms with Crippen LogP contribution in [0.15, 0.2) is 4.79 Å². The summed E-state index contributed by atoms with van der Waals surface area (Å²) in [7, 11) is 1.73. The van der Waals surface area contributed by atoms with E-state index in [1.54, 1.807) is 7.05 Å². The van der Waals surface area contributed by atoms with E-state index >= 15 is 0 Å². The van der Waals surface area contributed by atoms with Gasteiger partial charge >= 0.3 is 0 Å².